The Labute approximate surface area is 304 Å². The molecular formula is C42H88O3SSi. The van der Waals surface area contributed by atoms with Gasteiger partial charge in [0.05, 0.1) is 0 Å². The van der Waals surface area contributed by atoms with Crippen molar-refractivity contribution in [3.05, 3.63) is 0 Å². The molecule has 0 rings (SSSR count). The molecule has 0 N–H and O–H groups in total. The van der Waals surface area contributed by atoms with E-state index in [1.807, 2.05) is 0 Å². The van der Waals surface area contributed by atoms with E-state index in [2.05, 4.69) is 12.6 Å². The first-order valence-electron chi connectivity index (χ1n) is 21.5. The van der Waals surface area contributed by atoms with Crippen LogP contribution in [0, 0.1) is 0 Å². The van der Waals surface area contributed by atoms with Crippen molar-refractivity contribution in [3.63, 3.8) is 0 Å². The number of unbranched alkanes of at least 4 members (excludes halogenated alkanes) is 36. The van der Waals surface area contributed by atoms with Crippen molar-refractivity contribution < 1.29 is 13.3 Å². The zero-order valence-corrected chi connectivity index (χ0v) is 34.6. The van der Waals surface area contributed by atoms with Crippen molar-refractivity contribution in [3.8, 4) is 0 Å². The minimum absolute atomic E-state index is 0.940. The third kappa shape index (κ3) is 36.1. The normalized spacial score (nSPS) is 12.0. The first kappa shape index (κ1) is 47.4. The molecule has 0 atom stereocenters. The van der Waals surface area contributed by atoms with Crippen molar-refractivity contribution in [1.82, 2.24) is 0 Å². The van der Waals surface area contributed by atoms with Crippen LogP contribution in [0.25, 0.3) is 0 Å². The van der Waals surface area contributed by atoms with Crippen LogP contribution in [0.3, 0.4) is 0 Å². The fourth-order valence-corrected chi connectivity index (χ4v) is 9.22. The molecule has 0 unspecified atom stereocenters. The van der Waals surface area contributed by atoms with Gasteiger partial charge in [0.25, 0.3) is 0 Å². The van der Waals surface area contributed by atoms with Crippen LogP contribution >= 0.6 is 12.6 Å². The molecule has 5 heteroatoms. The Morgan fingerprint density at radius 1 is 0.255 bits per heavy atom. The molecular weight excluding hydrogens is 613 g/mol. The first-order chi connectivity index (χ1) is 23.2. The lowest BCUT2D eigenvalue weighted by Crippen LogP contribution is -2.42. The van der Waals surface area contributed by atoms with Gasteiger partial charge in [0.1, 0.15) is 0 Å². The molecule has 0 aromatic rings. The molecule has 0 aromatic carbocycles. The summed E-state index contributed by atoms with van der Waals surface area (Å²) in [6.45, 7) is 0. The second-order valence-corrected chi connectivity index (χ2v) is 18.4. The summed E-state index contributed by atoms with van der Waals surface area (Å²) in [4.78, 5) is 0. The molecule has 0 aliphatic carbocycles. The molecule has 284 valence electrons. The van der Waals surface area contributed by atoms with Crippen LogP contribution in [-0.4, -0.2) is 35.9 Å². The van der Waals surface area contributed by atoms with Crippen molar-refractivity contribution in [2.24, 2.45) is 0 Å². The van der Waals surface area contributed by atoms with E-state index < -0.39 is 8.80 Å². The molecule has 0 spiro atoms. The van der Waals surface area contributed by atoms with E-state index >= 15 is 0 Å². The summed E-state index contributed by atoms with van der Waals surface area (Å²) in [5, 5.41) is 0. The molecule has 0 saturated carbocycles. The zero-order chi connectivity index (χ0) is 34.2. The van der Waals surface area contributed by atoms with Gasteiger partial charge in [-0.3, -0.25) is 0 Å². The highest BCUT2D eigenvalue weighted by Crippen LogP contribution is 2.20. The Bertz CT molecular complexity index is 552. The van der Waals surface area contributed by atoms with Gasteiger partial charge >= 0.3 is 8.80 Å². The maximum atomic E-state index is 5.51. The zero-order valence-electron chi connectivity index (χ0n) is 32.7. The average molecular weight is 701 g/mol. The van der Waals surface area contributed by atoms with Crippen molar-refractivity contribution in [2.75, 3.05) is 27.1 Å². The summed E-state index contributed by atoms with van der Waals surface area (Å²) in [6, 6.07) is 0.940. The molecule has 0 bridgehead atoms. The van der Waals surface area contributed by atoms with Crippen LogP contribution < -0.4 is 0 Å². The molecule has 0 saturated heterocycles. The van der Waals surface area contributed by atoms with Gasteiger partial charge in [0, 0.05) is 27.4 Å². The summed E-state index contributed by atoms with van der Waals surface area (Å²) in [5.74, 6) is 1.07. The second-order valence-electron chi connectivity index (χ2n) is 14.9. The highest BCUT2D eigenvalue weighted by Gasteiger charge is 2.36. The van der Waals surface area contributed by atoms with Crippen molar-refractivity contribution >= 4 is 21.4 Å². The SMILES string of the molecule is CO[Si](CCCCCCCCCCCCCCCCCCCCCCCCCCCCCCCCCCCCCCCS)(OC)OC. The Hall–Kier alpha value is 0.447. The molecule has 0 amide bonds. The summed E-state index contributed by atoms with van der Waals surface area (Å²) in [5.41, 5.74) is 0. The van der Waals surface area contributed by atoms with Crippen molar-refractivity contribution in [1.29, 1.82) is 0 Å². The third-order valence-electron chi connectivity index (χ3n) is 10.6. The molecule has 0 radical (unpaired) electrons. The van der Waals surface area contributed by atoms with E-state index in [1.165, 1.54) is 231 Å². The minimum atomic E-state index is -2.35. The summed E-state index contributed by atoms with van der Waals surface area (Å²) < 4.78 is 16.5. The lowest BCUT2D eigenvalue weighted by atomic mass is 10.0. The molecule has 0 heterocycles. The van der Waals surface area contributed by atoms with Gasteiger partial charge in [0.15, 0.2) is 0 Å². The number of hydrogen-bond donors (Lipinski definition) is 1. The number of thiol groups is 1. The largest absolute Gasteiger partial charge is 0.500 e. The molecule has 47 heavy (non-hydrogen) atoms. The monoisotopic (exact) mass is 701 g/mol. The van der Waals surface area contributed by atoms with Gasteiger partial charge in [-0.1, -0.05) is 225 Å². The fourth-order valence-electron chi connectivity index (χ4n) is 7.20. The first-order valence-corrected chi connectivity index (χ1v) is 24.1. The van der Waals surface area contributed by atoms with E-state index in [9.17, 15) is 0 Å². The van der Waals surface area contributed by atoms with Gasteiger partial charge in [-0.05, 0) is 18.6 Å². The standard InChI is InChI=1S/C42H88O3SSi/c1-43-47(44-2,45-3)42-40-38-36-34-32-30-28-26-24-22-20-18-16-14-12-10-8-6-4-5-7-9-11-13-15-17-19-21-23-25-27-29-31-33-35-37-39-41-46/h46H,4-42H2,1-3H3. The lowest BCUT2D eigenvalue weighted by molar-refractivity contribution is 0.122. The van der Waals surface area contributed by atoms with Crippen LogP contribution in [0.2, 0.25) is 6.04 Å². The highest BCUT2D eigenvalue weighted by molar-refractivity contribution is 7.80. The predicted octanol–water partition coefficient (Wildman–Crippen LogP) is 15.2. The Balaban J connectivity index is 3.11. The van der Waals surface area contributed by atoms with Crippen LogP contribution in [0.4, 0.5) is 0 Å². The van der Waals surface area contributed by atoms with E-state index in [0.29, 0.717) is 0 Å². The summed E-state index contributed by atoms with van der Waals surface area (Å²) >= 11 is 4.29. The Kier molecular flexibility index (Phi) is 41.3. The molecule has 0 fully saturated rings. The summed E-state index contributed by atoms with van der Waals surface area (Å²) in [7, 11) is 2.79. The molecule has 0 aliphatic heterocycles. The minimum Gasteiger partial charge on any atom is -0.377 e. The van der Waals surface area contributed by atoms with Crippen LogP contribution in [0.1, 0.15) is 238 Å². The topological polar surface area (TPSA) is 27.7 Å². The van der Waals surface area contributed by atoms with Gasteiger partial charge in [-0.15, -0.1) is 0 Å². The lowest BCUT2D eigenvalue weighted by Gasteiger charge is -2.24. The Morgan fingerprint density at radius 3 is 0.553 bits per heavy atom. The maximum absolute atomic E-state index is 5.51. The van der Waals surface area contributed by atoms with Crippen LogP contribution in [0.5, 0.6) is 0 Å². The van der Waals surface area contributed by atoms with Gasteiger partial charge in [-0.2, -0.15) is 12.6 Å². The Morgan fingerprint density at radius 2 is 0.404 bits per heavy atom. The van der Waals surface area contributed by atoms with Gasteiger partial charge in [-0.25, -0.2) is 0 Å². The average Bonchev–Trinajstić information content (AvgIpc) is 3.09. The quantitative estimate of drug-likeness (QED) is 0.0390. The summed E-state index contributed by atoms with van der Waals surface area (Å²) in [6.07, 6.45) is 53.3. The predicted molar refractivity (Wildman–Crippen MR) is 216 cm³/mol. The van der Waals surface area contributed by atoms with Crippen molar-refractivity contribution in [2.45, 2.75) is 244 Å². The van der Waals surface area contributed by atoms with E-state index in [0.717, 1.165) is 18.2 Å². The number of rotatable bonds is 42. The fraction of sp³-hybridized carbons (Fsp3) is 1.00. The molecule has 0 aliphatic rings. The second kappa shape index (κ2) is 40.9. The maximum Gasteiger partial charge on any atom is 0.500 e. The van der Waals surface area contributed by atoms with Gasteiger partial charge < -0.3 is 13.3 Å². The smallest absolute Gasteiger partial charge is 0.377 e. The highest BCUT2D eigenvalue weighted by atomic mass is 32.1. The third-order valence-corrected chi connectivity index (χ3v) is 13.7. The van der Waals surface area contributed by atoms with Crippen LogP contribution in [-0.2, 0) is 13.3 Å². The molecule has 3 nitrogen and oxygen atoms in total. The van der Waals surface area contributed by atoms with Gasteiger partial charge in [0.2, 0.25) is 0 Å². The van der Waals surface area contributed by atoms with E-state index in [-0.39, 0.29) is 0 Å². The van der Waals surface area contributed by atoms with E-state index in [1.54, 1.807) is 21.3 Å². The van der Waals surface area contributed by atoms with Crippen LogP contribution in [0.15, 0.2) is 0 Å². The molecule has 0 aromatic heterocycles. The number of hydrogen-bond acceptors (Lipinski definition) is 4. The van der Waals surface area contributed by atoms with E-state index in [4.69, 9.17) is 13.3 Å².